The van der Waals surface area contributed by atoms with E-state index in [0.29, 0.717) is 6.54 Å². The number of nitrogens with zero attached hydrogens (tertiary/aromatic N) is 3. The molecule has 0 saturated carbocycles. The Hall–Kier alpha value is -1.43. The molecule has 0 aliphatic carbocycles. The summed E-state index contributed by atoms with van der Waals surface area (Å²) >= 11 is 0. The van der Waals surface area contributed by atoms with E-state index in [1.807, 2.05) is 32.4 Å². The lowest BCUT2D eigenvalue weighted by atomic mass is 10.2. The van der Waals surface area contributed by atoms with Gasteiger partial charge in [-0.15, -0.1) is 10.2 Å². The fourth-order valence-electron chi connectivity index (χ4n) is 1.61. The van der Waals surface area contributed by atoms with Crippen molar-refractivity contribution in [3.05, 3.63) is 12.2 Å². The molecule has 6 nitrogen and oxygen atoms in total. The van der Waals surface area contributed by atoms with Gasteiger partial charge in [0.25, 0.3) is 0 Å². The van der Waals surface area contributed by atoms with Crippen molar-refractivity contribution in [3.63, 3.8) is 0 Å². The third-order valence-corrected chi connectivity index (χ3v) is 2.58. The van der Waals surface area contributed by atoms with Gasteiger partial charge in [-0.3, -0.25) is 10.1 Å². The Bertz CT molecular complexity index is 362. The predicted octanol–water partition coefficient (Wildman–Crippen LogP) is 0.380. The van der Waals surface area contributed by atoms with E-state index >= 15 is 0 Å². The first-order valence-corrected chi connectivity index (χ1v) is 5.94. The molecular formula is C11H21N5O. The molecule has 0 bridgehead atoms. The van der Waals surface area contributed by atoms with Crippen molar-refractivity contribution in [2.24, 2.45) is 7.05 Å². The van der Waals surface area contributed by atoms with E-state index in [1.54, 1.807) is 6.33 Å². The first kappa shape index (κ1) is 13.6. The molecule has 0 saturated heterocycles. The quantitative estimate of drug-likeness (QED) is 0.753. The average Bonchev–Trinajstić information content (AvgIpc) is 2.72. The second-order valence-corrected chi connectivity index (χ2v) is 4.20. The molecule has 1 heterocycles. The minimum atomic E-state index is -0.242. The molecule has 0 spiro atoms. The van der Waals surface area contributed by atoms with Gasteiger partial charge in [0.1, 0.15) is 12.2 Å². The van der Waals surface area contributed by atoms with E-state index in [4.69, 9.17) is 0 Å². The molecule has 2 atom stereocenters. The van der Waals surface area contributed by atoms with E-state index in [0.717, 1.165) is 12.2 Å². The molecule has 2 unspecified atom stereocenters. The Labute approximate surface area is 102 Å². The van der Waals surface area contributed by atoms with E-state index in [-0.39, 0.29) is 18.0 Å². The largest absolute Gasteiger partial charge is 0.355 e. The summed E-state index contributed by atoms with van der Waals surface area (Å²) in [6, 6.07) is -0.252. The van der Waals surface area contributed by atoms with Crippen LogP contribution in [0.3, 0.4) is 0 Å². The van der Waals surface area contributed by atoms with Crippen LogP contribution >= 0.6 is 0 Å². The van der Waals surface area contributed by atoms with Gasteiger partial charge in [-0.1, -0.05) is 6.92 Å². The number of nitrogens with one attached hydrogen (secondary N) is 2. The minimum absolute atomic E-state index is 0.00937. The Morgan fingerprint density at radius 3 is 2.76 bits per heavy atom. The number of carbonyl (C=O) groups excluding carboxylic acids is 1. The van der Waals surface area contributed by atoms with Gasteiger partial charge in [0, 0.05) is 13.6 Å². The smallest absolute Gasteiger partial charge is 0.236 e. The van der Waals surface area contributed by atoms with Crippen LogP contribution in [0.15, 0.2) is 6.33 Å². The van der Waals surface area contributed by atoms with Crippen molar-refractivity contribution in [3.8, 4) is 0 Å². The van der Waals surface area contributed by atoms with Crippen LogP contribution < -0.4 is 10.6 Å². The van der Waals surface area contributed by atoms with Crippen LogP contribution in [-0.4, -0.2) is 33.3 Å². The van der Waals surface area contributed by atoms with Crippen molar-refractivity contribution < 1.29 is 4.79 Å². The number of aryl methyl sites for hydroxylation is 1. The first-order valence-electron chi connectivity index (χ1n) is 5.94. The topological polar surface area (TPSA) is 71.8 Å². The van der Waals surface area contributed by atoms with Gasteiger partial charge in [0.15, 0.2) is 0 Å². The molecule has 1 rings (SSSR count). The summed E-state index contributed by atoms with van der Waals surface area (Å²) in [5.41, 5.74) is 0. The fourth-order valence-corrected chi connectivity index (χ4v) is 1.61. The number of hydrogen-bond donors (Lipinski definition) is 2. The molecule has 6 heteroatoms. The number of carbonyl (C=O) groups is 1. The Kier molecular flexibility index (Phi) is 5.09. The van der Waals surface area contributed by atoms with Crippen molar-refractivity contribution in [1.29, 1.82) is 0 Å². The molecule has 0 aliphatic rings. The summed E-state index contributed by atoms with van der Waals surface area (Å²) in [6.07, 6.45) is 2.59. The van der Waals surface area contributed by atoms with Gasteiger partial charge in [-0.2, -0.15) is 0 Å². The van der Waals surface area contributed by atoms with Gasteiger partial charge in [0.05, 0.1) is 12.1 Å². The highest BCUT2D eigenvalue weighted by molar-refractivity contribution is 5.81. The minimum Gasteiger partial charge on any atom is -0.355 e. The van der Waals surface area contributed by atoms with E-state index < -0.39 is 0 Å². The summed E-state index contributed by atoms with van der Waals surface area (Å²) < 4.78 is 1.84. The summed E-state index contributed by atoms with van der Waals surface area (Å²) in [6.45, 7) is 6.55. The van der Waals surface area contributed by atoms with Crippen LogP contribution in [0.2, 0.25) is 0 Å². The fraction of sp³-hybridized carbons (Fsp3) is 0.727. The monoisotopic (exact) mass is 239 g/mol. The summed E-state index contributed by atoms with van der Waals surface area (Å²) in [4.78, 5) is 11.7. The summed E-state index contributed by atoms with van der Waals surface area (Å²) in [7, 11) is 1.88. The Balaban J connectivity index is 2.48. The van der Waals surface area contributed by atoms with Crippen molar-refractivity contribution in [2.45, 2.75) is 39.3 Å². The molecule has 2 N–H and O–H groups in total. The van der Waals surface area contributed by atoms with Crippen LogP contribution in [0.1, 0.15) is 39.1 Å². The summed E-state index contributed by atoms with van der Waals surface area (Å²) in [5.74, 6) is 0.834. The highest BCUT2D eigenvalue weighted by Gasteiger charge is 2.18. The normalized spacial score (nSPS) is 14.4. The van der Waals surface area contributed by atoms with Crippen LogP contribution in [0.5, 0.6) is 0 Å². The van der Waals surface area contributed by atoms with Crippen LogP contribution in [0.25, 0.3) is 0 Å². The highest BCUT2D eigenvalue weighted by atomic mass is 16.2. The average molecular weight is 239 g/mol. The maximum absolute atomic E-state index is 11.7. The zero-order valence-corrected chi connectivity index (χ0v) is 10.9. The zero-order valence-electron chi connectivity index (χ0n) is 10.9. The lowest BCUT2D eigenvalue weighted by molar-refractivity contribution is -0.122. The van der Waals surface area contributed by atoms with Crippen LogP contribution in [-0.2, 0) is 11.8 Å². The molecule has 0 aromatic carbocycles. The maximum atomic E-state index is 11.7. The van der Waals surface area contributed by atoms with Crippen molar-refractivity contribution in [1.82, 2.24) is 25.4 Å². The maximum Gasteiger partial charge on any atom is 0.236 e. The molecule has 1 amide bonds. The van der Waals surface area contributed by atoms with Crippen molar-refractivity contribution in [2.75, 3.05) is 6.54 Å². The number of hydrogen-bond acceptors (Lipinski definition) is 4. The standard InChI is InChI=1S/C11H21N5O/c1-5-6-12-11(17)9(3)14-8(2)10-15-13-7-16(10)4/h7-9,14H,5-6H2,1-4H3,(H,12,17). The molecular weight excluding hydrogens is 218 g/mol. The predicted molar refractivity (Wildman–Crippen MR) is 65.3 cm³/mol. The molecule has 17 heavy (non-hydrogen) atoms. The highest BCUT2D eigenvalue weighted by Crippen LogP contribution is 2.07. The summed E-state index contributed by atoms with van der Waals surface area (Å²) in [5, 5.41) is 13.9. The molecule has 0 aliphatic heterocycles. The number of aromatic nitrogens is 3. The zero-order chi connectivity index (χ0) is 12.8. The van der Waals surface area contributed by atoms with Gasteiger partial charge < -0.3 is 9.88 Å². The second kappa shape index (κ2) is 6.34. The van der Waals surface area contributed by atoms with Gasteiger partial charge in [0.2, 0.25) is 5.91 Å². The Morgan fingerprint density at radius 1 is 1.53 bits per heavy atom. The van der Waals surface area contributed by atoms with Crippen LogP contribution in [0, 0.1) is 0 Å². The van der Waals surface area contributed by atoms with E-state index in [2.05, 4.69) is 20.8 Å². The third-order valence-electron chi connectivity index (χ3n) is 2.58. The van der Waals surface area contributed by atoms with Crippen molar-refractivity contribution >= 4 is 5.91 Å². The molecule has 1 aromatic rings. The molecule has 1 aromatic heterocycles. The lowest BCUT2D eigenvalue weighted by Crippen LogP contribution is -2.43. The molecule has 96 valence electrons. The van der Waals surface area contributed by atoms with Crippen LogP contribution in [0.4, 0.5) is 0 Å². The SMILES string of the molecule is CCCNC(=O)C(C)NC(C)c1nncn1C. The second-order valence-electron chi connectivity index (χ2n) is 4.20. The Morgan fingerprint density at radius 2 is 2.24 bits per heavy atom. The first-order chi connectivity index (χ1) is 8.06. The van der Waals surface area contributed by atoms with Gasteiger partial charge in [-0.05, 0) is 20.3 Å². The van der Waals surface area contributed by atoms with Gasteiger partial charge >= 0.3 is 0 Å². The molecule has 0 fully saturated rings. The number of rotatable bonds is 6. The van der Waals surface area contributed by atoms with E-state index in [9.17, 15) is 4.79 Å². The van der Waals surface area contributed by atoms with E-state index in [1.165, 1.54) is 0 Å². The molecule has 0 radical (unpaired) electrons. The lowest BCUT2D eigenvalue weighted by Gasteiger charge is -2.18. The number of amides is 1. The van der Waals surface area contributed by atoms with Gasteiger partial charge in [-0.25, -0.2) is 0 Å². The third kappa shape index (κ3) is 3.81.